The number of amides is 1. The summed E-state index contributed by atoms with van der Waals surface area (Å²) in [6.45, 7) is 3.89. The summed E-state index contributed by atoms with van der Waals surface area (Å²) in [5.74, 6) is 0.0532. The number of halogens is 1. The highest BCUT2D eigenvalue weighted by Crippen LogP contribution is 2.25. The molecular weight excluding hydrogens is 256 g/mol. The first-order chi connectivity index (χ1) is 7.04. The van der Waals surface area contributed by atoms with Gasteiger partial charge in [0.1, 0.15) is 0 Å². The van der Waals surface area contributed by atoms with Gasteiger partial charge in [-0.2, -0.15) is 0 Å². The van der Waals surface area contributed by atoms with Crippen molar-refractivity contribution in [3.8, 4) is 0 Å². The predicted octanol–water partition coefficient (Wildman–Crippen LogP) is 3.02. The number of rotatable bonds is 3. The smallest absolute Gasteiger partial charge is 0.227 e. The Morgan fingerprint density at radius 1 is 1.60 bits per heavy atom. The first-order valence-electron chi connectivity index (χ1n) is 4.90. The molecule has 1 amide bonds. The van der Waals surface area contributed by atoms with E-state index in [0.717, 1.165) is 16.6 Å². The van der Waals surface area contributed by atoms with Crippen LogP contribution in [0.4, 0.5) is 11.4 Å². The molecule has 0 aliphatic rings. The Kier molecular flexibility index (Phi) is 4.15. The summed E-state index contributed by atoms with van der Waals surface area (Å²) in [4.78, 5) is 11.6. The van der Waals surface area contributed by atoms with E-state index < -0.39 is 0 Å². The molecule has 15 heavy (non-hydrogen) atoms. The molecule has 0 aliphatic carbocycles. The van der Waals surface area contributed by atoms with Crippen LogP contribution < -0.4 is 11.1 Å². The molecule has 0 bridgehead atoms. The highest BCUT2D eigenvalue weighted by molar-refractivity contribution is 9.10. The number of benzene rings is 1. The zero-order valence-electron chi connectivity index (χ0n) is 8.88. The number of hydrogen-bond acceptors (Lipinski definition) is 2. The number of nitrogens with two attached hydrogens (primary N) is 1. The van der Waals surface area contributed by atoms with E-state index in [1.807, 2.05) is 13.8 Å². The Balaban J connectivity index is 2.77. The van der Waals surface area contributed by atoms with Crippen LogP contribution in [-0.4, -0.2) is 5.91 Å². The Bertz CT molecular complexity index is 366. The minimum Gasteiger partial charge on any atom is -0.399 e. The third-order valence-electron chi connectivity index (χ3n) is 2.31. The van der Waals surface area contributed by atoms with Crippen molar-refractivity contribution in [3.63, 3.8) is 0 Å². The van der Waals surface area contributed by atoms with Crippen LogP contribution in [0.1, 0.15) is 20.3 Å². The van der Waals surface area contributed by atoms with Gasteiger partial charge in [-0.05, 0) is 40.5 Å². The summed E-state index contributed by atoms with van der Waals surface area (Å²) in [5, 5.41) is 2.85. The Hall–Kier alpha value is -1.03. The maximum absolute atomic E-state index is 11.6. The van der Waals surface area contributed by atoms with Gasteiger partial charge in [0.05, 0.1) is 5.69 Å². The van der Waals surface area contributed by atoms with E-state index in [1.165, 1.54) is 0 Å². The van der Waals surface area contributed by atoms with Crippen molar-refractivity contribution in [2.45, 2.75) is 20.3 Å². The van der Waals surface area contributed by atoms with Gasteiger partial charge in [0.25, 0.3) is 0 Å². The summed E-state index contributed by atoms with van der Waals surface area (Å²) < 4.78 is 0.805. The predicted molar refractivity (Wildman–Crippen MR) is 66.6 cm³/mol. The van der Waals surface area contributed by atoms with E-state index in [9.17, 15) is 4.79 Å². The Morgan fingerprint density at radius 3 is 2.80 bits per heavy atom. The first kappa shape index (κ1) is 12.0. The van der Waals surface area contributed by atoms with Crippen LogP contribution in [0.25, 0.3) is 0 Å². The number of nitrogens with one attached hydrogen (secondary N) is 1. The molecule has 0 heterocycles. The Labute approximate surface area is 98.2 Å². The molecule has 0 aromatic heterocycles. The highest BCUT2D eigenvalue weighted by Gasteiger charge is 2.11. The van der Waals surface area contributed by atoms with Crippen LogP contribution in [0.2, 0.25) is 0 Å². The highest BCUT2D eigenvalue weighted by atomic mass is 79.9. The summed E-state index contributed by atoms with van der Waals surface area (Å²) in [7, 11) is 0. The maximum Gasteiger partial charge on any atom is 0.227 e. The van der Waals surface area contributed by atoms with Crippen LogP contribution in [-0.2, 0) is 4.79 Å². The number of nitrogen functional groups attached to an aromatic ring is 1. The van der Waals surface area contributed by atoms with Gasteiger partial charge in [-0.15, -0.1) is 0 Å². The fraction of sp³-hybridized carbons (Fsp3) is 0.364. The molecule has 3 nitrogen and oxygen atoms in total. The molecule has 1 unspecified atom stereocenters. The monoisotopic (exact) mass is 270 g/mol. The largest absolute Gasteiger partial charge is 0.399 e. The molecule has 3 N–H and O–H groups in total. The standard InChI is InChI=1S/C11H15BrN2O/c1-3-7(2)11(15)14-10-5-4-8(13)6-9(10)12/h4-7H,3,13H2,1-2H3,(H,14,15). The third-order valence-corrected chi connectivity index (χ3v) is 2.97. The van der Waals surface area contributed by atoms with Crippen molar-refractivity contribution in [2.24, 2.45) is 5.92 Å². The van der Waals surface area contributed by atoms with Gasteiger partial charge in [0.2, 0.25) is 5.91 Å². The van der Waals surface area contributed by atoms with Crippen molar-refractivity contribution < 1.29 is 4.79 Å². The fourth-order valence-electron chi connectivity index (χ4n) is 1.07. The second kappa shape index (κ2) is 5.16. The van der Waals surface area contributed by atoms with Crippen molar-refractivity contribution in [2.75, 3.05) is 11.1 Å². The minimum absolute atomic E-state index is 0.0226. The zero-order valence-corrected chi connectivity index (χ0v) is 10.5. The van der Waals surface area contributed by atoms with Crippen LogP contribution in [0.15, 0.2) is 22.7 Å². The van der Waals surface area contributed by atoms with Crippen LogP contribution in [0.3, 0.4) is 0 Å². The summed E-state index contributed by atoms with van der Waals surface area (Å²) in [6.07, 6.45) is 0.832. The van der Waals surface area contributed by atoms with Crippen LogP contribution >= 0.6 is 15.9 Å². The maximum atomic E-state index is 11.6. The van der Waals surface area contributed by atoms with E-state index in [2.05, 4.69) is 21.2 Å². The molecule has 4 heteroatoms. The zero-order chi connectivity index (χ0) is 11.4. The van der Waals surface area contributed by atoms with Crippen molar-refractivity contribution in [3.05, 3.63) is 22.7 Å². The number of anilines is 2. The van der Waals surface area contributed by atoms with Crippen LogP contribution in [0, 0.1) is 5.92 Å². The molecule has 0 saturated carbocycles. The molecule has 1 aromatic rings. The topological polar surface area (TPSA) is 55.1 Å². The molecule has 0 aliphatic heterocycles. The molecule has 82 valence electrons. The van der Waals surface area contributed by atoms with Crippen molar-refractivity contribution in [1.29, 1.82) is 0 Å². The summed E-state index contributed by atoms with van der Waals surface area (Å²) in [5.41, 5.74) is 7.03. The SMILES string of the molecule is CCC(C)C(=O)Nc1ccc(N)cc1Br. The summed E-state index contributed by atoms with van der Waals surface area (Å²) in [6, 6.07) is 5.32. The molecule has 0 fully saturated rings. The molecular formula is C11H15BrN2O. The first-order valence-corrected chi connectivity index (χ1v) is 5.69. The molecule has 0 radical (unpaired) electrons. The molecule has 1 rings (SSSR count). The summed E-state index contributed by atoms with van der Waals surface area (Å²) >= 11 is 3.35. The van der Waals surface area contributed by atoms with Gasteiger partial charge >= 0.3 is 0 Å². The van der Waals surface area contributed by atoms with Crippen molar-refractivity contribution >= 4 is 33.2 Å². The average molecular weight is 271 g/mol. The van der Waals surface area contributed by atoms with E-state index in [0.29, 0.717) is 5.69 Å². The van der Waals surface area contributed by atoms with Gasteiger partial charge in [-0.1, -0.05) is 13.8 Å². The van der Waals surface area contributed by atoms with Gasteiger partial charge in [-0.25, -0.2) is 0 Å². The fourth-order valence-corrected chi connectivity index (χ4v) is 1.57. The Morgan fingerprint density at radius 2 is 2.27 bits per heavy atom. The molecule has 0 spiro atoms. The van der Waals surface area contributed by atoms with Gasteiger partial charge in [-0.3, -0.25) is 4.79 Å². The van der Waals surface area contributed by atoms with E-state index in [4.69, 9.17) is 5.73 Å². The van der Waals surface area contributed by atoms with E-state index in [-0.39, 0.29) is 11.8 Å². The molecule has 0 saturated heterocycles. The minimum atomic E-state index is 0.0226. The quantitative estimate of drug-likeness (QED) is 0.830. The number of hydrogen-bond donors (Lipinski definition) is 2. The second-order valence-corrected chi connectivity index (χ2v) is 4.39. The van der Waals surface area contributed by atoms with Crippen molar-refractivity contribution in [1.82, 2.24) is 0 Å². The number of carbonyl (C=O) groups excluding carboxylic acids is 1. The average Bonchev–Trinajstić information content (AvgIpc) is 2.20. The molecule has 1 aromatic carbocycles. The van der Waals surface area contributed by atoms with Gasteiger partial charge in [0.15, 0.2) is 0 Å². The third kappa shape index (κ3) is 3.23. The lowest BCUT2D eigenvalue weighted by Gasteiger charge is -2.11. The lowest BCUT2D eigenvalue weighted by atomic mass is 10.1. The van der Waals surface area contributed by atoms with E-state index in [1.54, 1.807) is 18.2 Å². The number of carbonyl (C=O) groups is 1. The lowest BCUT2D eigenvalue weighted by molar-refractivity contribution is -0.119. The van der Waals surface area contributed by atoms with Gasteiger partial charge in [0, 0.05) is 16.1 Å². The molecule has 1 atom stereocenters. The lowest BCUT2D eigenvalue weighted by Crippen LogP contribution is -2.19. The van der Waals surface area contributed by atoms with Gasteiger partial charge < -0.3 is 11.1 Å². The van der Waals surface area contributed by atoms with E-state index >= 15 is 0 Å². The normalized spacial score (nSPS) is 12.2. The second-order valence-electron chi connectivity index (χ2n) is 3.54. The van der Waals surface area contributed by atoms with Crippen LogP contribution in [0.5, 0.6) is 0 Å².